The minimum Gasteiger partial charge on any atom is -0.493 e. The number of rotatable bonds is 9. The van der Waals surface area contributed by atoms with Crippen molar-refractivity contribution < 1.29 is 34.1 Å². The van der Waals surface area contributed by atoms with E-state index in [9.17, 15) is 14.4 Å². The Balaban J connectivity index is 2.10. The SMILES string of the molecule is CCOc1ccc(CC(C(=O)O)C(=O)O)cc1COC(=O)Nc1ccc(C)cc1. The molecule has 0 fully saturated rings. The molecule has 1 amide bonds. The first-order valence-electron chi connectivity index (χ1n) is 9.00. The maximum absolute atomic E-state index is 12.1. The first kappa shape index (κ1) is 21.7. The van der Waals surface area contributed by atoms with E-state index in [4.69, 9.17) is 19.7 Å². The lowest BCUT2D eigenvalue weighted by Crippen LogP contribution is -2.25. The molecule has 0 unspecified atom stereocenters. The smallest absolute Gasteiger partial charge is 0.411 e. The summed E-state index contributed by atoms with van der Waals surface area (Å²) < 4.78 is 10.8. The fourth-order valence-corrected chi connectivity index (χ4v) is 2.62. The average Bonchev–Trinajstić information content (AvgIpc) is 2.67. The van der Waals surface area contributed by atoms with E-state index in [2.05, 4.69) is 5.32 Å². The Kier molecular flexibility index (Phi) is 7.59. The van der Waals surface area contributed by atoms with Crippen LogP contribution in [0.5, 0.6) is 5.75 Å². The van der Waals surface area contributed by atoms with Gasteiger partial charge in [-0.3, -0.25) is 14.9 Å². The molecule has 0 bridgehead atoms. The Morgan fingerprint density at radius 2 is 1.69 bits per heavy atom. The van der Waals surface area contributed by atoms with Crippen LogP contribution >= 0.6 is 0 Å². The Bertz CT molecular complexity index is 863. The van der Waals surface area contributed by atoms with Gasteiger partial charge in [0.15, 0.2) is 5.92 Å². The second-order valence-corrected chi connectivity index (χ2v) is 6.38. The van der Waals surface area contributed by atoms with Gasteiger partial charge in [-0.1, -0.05) is 23.8 Å². The standard InChI is InChI=1S/C21H23NO7/c1-3-28-18-9-6-14(11-17(19(23)24)20(25)26)10-15(18)12-29-21(27)22-16-7-4-13(2)5-8-16/h4-10,17H,3,11-12H2,1-2H3,(H,22,27)(H,23,24)(H,25,26). The first-order valence-corrected chi connectivity index (χ1v) is 9.00. The summed E-state index contributed by atoms with van der Waals surface area (Å²) in [6.07, 6.45) is -0.852. The zero-order chi connectivity index (χ0) is 21.4. The van der Waals surface area contributed by atoms with Gasteiger partial charge in [-0.25, -0.2) is 4.79 Å². The van der Waals surface area contributed by atoms with Crippen molar-refractivity contribution in [2.24, 2.45) is 5.92 Å². The van der Waals surface area contributed by atoms with Crippen LogP contribution in [0.25, 0.3) is 0 Å². The summed E-state index contributed by atoms with van der Waals surface area (Å²) in [6.45, 7) is 4.00. The summed E-state index contributed by atoms with van der Waals surface area (Å²) in [5, 5.41) is 20.7. The number of amides is 1. The number of ether oxygens (including phenoxy) is 2. The molecule has 0 aliphatic rings. The molecule has 0 aromatic heterocycles. The number of carboxylic acids is 2. The van der Waals surface area contributed by atoms with E-state index in [-0.39, 0.29) is 13.0 Å². The summed E-state index contributed by atoms with van der Waals surface area (Å²) >= 11 is 0. The fourth-order valence-electron chi connectivity index (χ4n) is 2.62. The van der Waals surface area contributed by atoms with Crippen LogP contribution in [0.15, 0.2) is 42.5 Å². The number of carbonyl (C=O) groups is 3. The summed E-state index contributed by atoms with van der Waals surface area (Å²) in [5.41, 5.74) is 2.65. The monoisotopic (exact) mass is 401 g/mol. The highest BCUT2D eigenvalue weighted by Crippen LogP contribution is 2.23. The lowest BCUT2D eigenvalue weighted by molar-refractivity contribution is -0.154. The van der Waals surface area contributed by atoms with Crippen molar-refractivity contribution in [2.45, 2.75) is 26.9 Å². The summed E-state index contributed by atoms with van der Waals surface area (Å²) in [5.74, 6) is -3.92. The topological polar surface area (TPSA) is 122 Å². The van der Waals surface area contributed by atoms with Gasteiger partial charge in [0, 0.05) is 11.3 Å². The molecule has 8 heteroatoms. The van der Waals surface area contributed by atoms with E-state index in [1.165, 1.54) is 0 Å². The average molecular weight is 401 g/mol. The van der Waals surface area contributed by atoms with Crippen LogP contribution in [0.3, 0.4) is 0 Å². The molecule has 2 rings (SSSR count). The van der Waals surface area contributed by atoms with E-state index in [0.29, 0.717) is 29.2 Å². The second-order valence-electron chi connectivity index (χ2n) is 6.38. The largest absolute Gasteiger partial charge is 0.493 e. The molecular formula is C21H23NO7. The van der Waals surface area contributed by atoms with Gasteiger partial charge in [0.1, 0.15) is 12.4 Å². The molecule has 0 saturated heterocycles. The van der Waals surface area contributed by atoms with Crippen molar-refractivity contribution >= 4 is 23.7 Å². The first-order chi connectivity index (χ1) is 13.8. The van der Waals surface area contributed by atoms with Crippen molar-refractivity contribution in [2.75, 3.05) is 11.9 Å². The maximum Gasteiger partial charge on any atom is 0.411 e. The highest BCUT2D eigenvalue weighted by Gasteiger charge is 2.26. The van der Waals surface area contributed by atoms with E-state index >= 15 is 0 Å². The Morgan fingerprint density at radius 3 is 2.28 bits per heavy atom. The van der Waals surface area contributed by atoms with Crippen LogP contribution in [0.2, 0.25) is 0 Å². The zero-order valence-corrected chi connectivity index (χ0v) is 16.2. The minimum atomic E-state index is -1.56. The molecule has 0 aliphatic heterocycles. The van der Waals surface area contributed by atoms with Gasteiger partial charge in [-0.05, 0) is 50.1 Å². The molecule has 0 radical (unpaired) electrons. The number of benzene rings is 2. The Morgan fingerprint density at radius 1 is 1.03 bits per heavy atom. The van der Waals surface area contributed by atoms with Crippen LogP contribution in [0.4, 0.5) is 10.5 Å². The minimum absolute atomic E-state index is 0.119. The molecule has 0 atom stereocenters. The third-order valence-electron chi connectivity index (χ3n) is 4.12. The van der Waals surface area contributed by atoms with Crippen molar-refractivity contribution in [1.29, 1.82) is 0 Å². The van der Waals surface area contributed by atoms with Crippen molar-refractivity contribution in [3.05, 3.63) is 59.2 Å². The van der Waals surface area contributed by atoms with Gasteiger partial charge in [-0.15, -0.1) is 0 Å². The molecule has 0 spiro atoms. The third kappa shape index (κ3) is 6.53. The van der Waals surface area contributed by atoms with Gasteiger partial charge < -0.3 is 19.7 Å². The third-order valence-corrected chi connectivity index (χ3v) is 4.12. The molecular weight excluding hydrogens is 378 g/mol. The summed E-state index contributed by atoms with van der Waals surface area (Å²) in [7, 11) is 0. The van der Waals surface area contributed by atoms with Crippen LogP contribution in [-0.4, -0.2) is 34.9 Å². The van der Waals surface area contributed by atoms with Crippen LogP contribution in [-0.2, 0) is 27.4 Å². The number of nitrogens with one attached hydrogen (secondary N) is 1. The molecule has 8 nitrogen and oxygen atoms in total. The number of hydrogen-bond acceptors (Lipinski definition) is 5. The van der Waals surface area contributed by atoms with Gasteiger partial charge in [0.25, 0.3) is 0 Å². The molecule has 154 valence electrons. The molecule has 0 aliphatic carbocycles. The number of anilines is 1. The summed E-state index contributed by atoms with van der Waals surface area (Å²) in [6, 6.07) is 12.0. The number of aryl methyl sites for hydroxylation is 1. The lowest BCUT2D eigenvalue weighted by Gasteiger charge is -2.14. The number of hydrogen-bond donors (Lipinski definition) is 3. The van der Waals surface area contributed by atoms with Crippen LogP contribution < -0.4 is 10.1 Å². The lowest BCUT2D eigenvalue weighted by atomic mass is 9.98. The molecule has 0 saturated carbocycles. The van der Waals surface area contributed by atoms with Gasteiger partial charge in [0.2, 0.25) is 0 Å². The van der Waals surface area contributed by atoms with Crippen LogP contribution in [0, 0.1) is 12.8 Å². The number of carbonyl (C=O) groups excluding carboxylic acids is 1. The molecule has 2 aromatic rings. The van der Waals surface area contributed by atoms with Gasteiger partial charge in [0.05, 0.1) is 6.61 Å². The molecule has 2 aromatic carbocycles. The Hall–Kier alpha value is -3.55. The van der Waals surface area contributed by atoms with Crippen molar-refractivity contribution in [3.63, 3.8) is 0 Å². The van der Waals surface area contributed by atoms with Crippen LogP contribution in [0.1, 0.15) is 23.6 Å². The van der Waals surface area contributed by atoms with E-state index in [0.717, 1.165) is 5.56 Å². The van der Waals surface area contributed by atoms with E-state index in [1.807, 2.05) is 19.1 Å². The predicted octanol–water partition coefficient (Wildman–Crippen LogP) is 3.47. The van der Waals surface area contributed by atoms with Crippen molar-refractivity contribution in [3.8, 4) is 5.75 Å². The van der Waals surface area contributed by atoms with Gasteiger partial charge in [-0.2, -0.15) is 0 Å². The van der Waals surface area contributed by atoms with E-state index in [1.54, 1.807) is 37.3 Å². The normalized spacial score (nSPS) is 10.4. The summed E-state index contributed by atoms with van der Waals surface area (Å²) in [4.78, 5) is 34.3. The quantitative estimate of drug-likeness (QED) is 0.550. The molecule has 0 heterocycles. The van der Waals surface area contributed by atoms with E-state index < -0.39 is 23.9 Å². The zero-order valence-electron chi connectivity index (χ0n) is 16.2. The molecule has 3 N–H and O–H groups in total. The highest BCUT2D eigenvalue weighted by molar-refractivity contribution is 5.93. The highest BCUT2D eigenvalue weighted by atomic mass is 16.5. The predicted molar refractivity (Wildman–Crippen MR) is 105 cm³/mol. The van der Waals surface area contributed by atoms with Gasteiger partial charge >= 0.3 is 18.0 Å². The second kappa shape index (κ2) is 10.1. The van der Waals surface area contributed by atoms with Crippen molar-refractivity contribution in [1.82, 2.24) is 0 Å². The number of carboxylic acid groups (broad SMARTS) is 2. The fraction of sp³-hybridized carbons (Fsp3) is 0.286. The number of aliphatic carboxylic acids is 2. The Labute approximate surface area is 168 Å². The maximum atomic E-state index is 12.1. The molecule has 29 heavy (non-hydrogen) atoms.